The van der Waals surface area contributed by atoms with Crippen molar-refractivity contribution in [3.63, 3.8) is 0 Å². The van der Waals surface area contributed by atoms with Gasteiger partial charge in [-0.1, -0.05) is 28.1 Å². The monoisotopic (exact) mass is 411 g/mol. The molecule has 2 aromatic rings. The highest BCUT2D eigenvalue weighted by Crippen LogP contribution is 2.26. The largest absolute Gasteiger partial charge is 0.496 e. The topological polar surface area (TPSA) is 38.3 Å². The number of amides is 1. The summed E-state index contributed by atoms with van der Waals surface area (Å²) in [7, 11) is 1.59. The smallest absolute Gasteiger partial charge is 0.251 e. The van der Waals surface area contributed by atoms with Crippen molar-refractivity contribution in [3.8, 4) is 5.75 Å². The molecule has 1 unspecified atom stereocenters. The van der Waals surface area contributed by atoms with Crippen molar-refractivity contribution in [2.75, 3.05) is 7.11 Å². The lowest BCUT2D eigenvalue weighted by Gasteiger charge is -2.15. The molecule has 0 saturated heterocycles. The first kappa shape index (κ1) is 16.0. The van der Waals surface area contributed by atoms with E-state index in [4.69, 9.17) is 4.74 Å². The summed E-state index contributed by atoms with van der Waals surface area (Å²) < 4.78 is 6.91. The quantitative estimate of drug-likeness (QED) is 0.789. The molecular weight excluding hydrogens is 398 g/mol. The third-order valence-electron chi connectivity index (χ3n) is 3.11. The van der Waals surface area contributed by atoms with Gasteiger partial charge in [-0.05, 0) is 58.7 Å². The van der Waals surface area contributed by atoms with Crippen molar-refractivity contribution in [2.45, 2.75) is 13.0 Å². The van der Waals surface area contributed by atoms with E-state index in [2.05, 4.69) is 37.2 Å². The molecule has 0 aliphatic carbocycles. The molecule has 0 heterocycles. The first-order chi connectivity index (χ1) is 10.0. The van der Waals surface area contributed by atoms with Crippen LogP contribution >= 0.6 is 31.9 Å². The predicted octanol–water partition coefficient (Wildman–Crippen LogP) is 4.71. The molecule has 0 saturated carbocycles. The van der Waals surface area contributed by atoms with E-state index >= 15 is 0 Å². The lowest BCUT2D eigenvalue weighted by Crippen LogP contribution is -2.26. The van der Waals surface area contributed by atoms with Crippen LogP contribution in [0.1, 0.15) is 28.9 Å². The molecule has 5 heteroatoms. The molecule has 0 aliphatic rings. The van der Waals surface area contributed by atoms with E-state index in [1.165, 1.54) is 0 Å². The number of carbonyl (C=O) groups is 1. The van der Waals surface area contributed by atoms with Crippen molar-refractivity contribution in [1.82, 2.24) is 5.32 Å². The number of ether oxygens (including phenoxy) is 1. The summed E-state index contributed by atoms with van der Waals surface area (Å²) in [6.45, 7) is 1.96. The Bertz CT molecular complexity index is 658. The molecule has 0 bridgehead atoms. The summed E-state index contributed by atoms with van der Waals surface area (Å²) in [6, 6.07) is 13.1. The Balaban J connectivity index is 2.12. The minimum absolute atomic E-state index is 0.0733. The second-order valence-corrected chi connectivity index (χ2v) is 6.37. The lowest BCUT2D eigenvalue weighted by atomic mass is 10.1. The zero-order valence-corrected chi connectivity index (χ0v) is 14.9. The lowest BCUT2D eigenvalue weighted by molar-refractivity contribution is 0.0940. The Morgan fingerprint density at radius 3 is 2.57 bits per heavy atom. The third-order valence-corrected chi connectivity index (χ3v) is 4.22. The van der Waals surface area contributed by atoms with Crippen LogP contribution in [0.5, 0.6) is 5.75 Å². The number of halogens is 2. The van der Waals surface area contributed by atoms with Gasteiger partial charge in [0, 0.05) is 10.0 Å². The van der Waals surface area contributed by atoms with Crippen LogP contribution in [0.15, 0.2) is 51.4 Å². The Morgan fingerprint density at radius 2 is 1.95 bits per heavy atom. The highest BCUT2D eigenvalue weighted by molar-refractivity contribution is 9.10. The van der Waals surface area contributed by atoms with Gasteiger partial charge < -0.3 is 10.1 Å². The summed E-state index contributed by atoms with van der Waals surface area (Å²) >= 11 is 6.82. The third kappa shape index (κ3) is 4.08. The van der Waals surface area contributed by atoms with Crippen LogP contribution in [0, 0.1) is 0 Å². The molecule has 2 aromatic carbocycles. The van der Waals surface area contributed by atoms with Crippen molar-refractivity contribution < 1.29 is 9.53 Å². The van der Waals surface area contributed by atoms with Gasteiger partial charge in [-0.2, -0.15) is 0 Å². The molecule has 110 valence electrons. The number of carbonyl (C=O) groups excluding carboxylic acids is 1. The van der Waals surface area contributed by atoms with Gasteiger partial charge in [0.2, 0.25) is 0 Å². The Labute approximate surface area is 141 Å². The molecule has 0 radical (unpaired) electrons. The van der Waals surface area contributed by atoms with Crippen LogP contribution in [-0.2, 0) is 0 Å². The average Bonchev–Trinajstić information content (AvgIpc) is 2.47. The maximum Gasteiger partial charge on any atom is 0.251 e. The first-order valence-corrected chi connectivity index (χ1v) is 7.99. The maximum atomic E-state index is 12.3. The highest BCUT2D eigenvalue weighted by Gasteiger charge is 2.13. The van der Waals surface area contributed by atoms with Crippen molar-refractivity contribution in [1.29, 1.82) is 0 Å². The molecule has 0 aliphatic heterocycles. The van der Waals surface area contributed by atoms with Crippen LogP contribution in [0.3, 0.4) is 0 Å². The second-order valence-electron chi connectivity index (χ2n) is 4.60. The summed E-state index contributed by atoms with van der Waals surface area (Å²) in [4.78, 5) is 12.3. The molecule has 0 spiro atoms. The Kier molecular flexibility index (Phi) is 5.42. The maximum absolute atomic E-state index is 12.3. The summed E-state index contributed by atoms with van der Waals surface area (Å²) in [5.41, 5.74) is 1.63. The van der Waals surface area contributed by atoms with E-state index in [0.29, 0.717) is 11.3 Å². The molecule has 1 N–H and O–H groups in total. The summed E-state index contributed by atoms with van der Waals surface area (Å²) in [6.07, 6.45) is 0. The molecular formula is C16H15Br2NO2. The van der Waals surface area contributed by atoms with Crippen molar-refractivity contribution in [2.24, 2.45) is 0 Å². The SMILES string of the molecule is COc1ccc(C(=O)NC(C)c2cccc(Br)c2)cc1Br. The van der Waals surface area contributed by atoms with Crippen LogP contribution in [0.25, 0.3) is 0 Å². The van der Waals surface area contributed by atoms with Gasteiger partial charge >= 0.3 is 0 Å². The number of hydrogen-bond donors (Lipinski definition) is 1. The average molecular weight is 413 g/mol. The molecule has 1 atom stereocenters. The van der Waals surface area contributed by atoms with E-state index in [-0.39, 0.29) is 11.9 Å². The van der Waals surface area contributed by atoms with E-state index in [9.17, 15) is 4.79 Å². The van der Waals surface area contributed by atoms with Gasteiger partial charge in [-0.3, -0.25) is 4.79 Å². The predicted molar refractivity (Wildman–Crippen MR) is 90.7 cm³/mol. The van der Waals surface area contributed by atoms with Crippen molar-refractivity contribution >= 4 is 37.8 Å². The standard InChI is InChI=1S/C16H15Br2NO2/c1-10(11-4-3-5-13(17)8-11)19-16(20)12-6-7-15(21-2)14(18)9-12/h3-10H,1-2H3,(H,19,20). The minimum Gasteiger partial charge on any atom is -0.496 e. The van der Waals surface area contributed by atoms with Gasteiger partial charge in [-0.15, -0.1) is 0 Å². The van der Waals surface area contributed by atoms with E-state index in [1.54, 1.807) is 25.3 Å². The van der Waals surface area contributed by atoms with Crippen molar-refractivity contribution in [3.05, 3.63) is 62.5 Å². The van der Waals surface area contributed by atoms with E-state index in [1.807, 2.05) is 31.2 Å². The van der Waals surface area contributed by atoms with Gasteiger partial charge in [0.25, 0.3) is 5.91 Å². The van der Waals surface area contributed by atoms with E-state index in [0.717, 1.165) is 14.5 Å². The second kappa shape index (κ2) is 7.09. The molecule has 1 amide bonds. The van der Waals surface area contributed by atoms with Gasteiger partial charge in [0.1, 0.15) is 5.75 Å². The zero-order valence-electron chi connectivity index (χ0n) is 11.7. The minimum atomic E-state index is -0.120. The molecule has 0 fully saturated rings. The van der Waals surface area contributed by atoms with Crippen LogP contribution in [0.4, 0.5) is 0 Å². The number of nitrogens with one attached hydrogen (secondary N) is 1. The fraction of sp³-hybridized carbons (Fsp3) is 0.188. The van der Waals surface area contributed by atoms with Gasteiger partial charge in [0.05, 0.1) is 17.6 Å². The Morgan fingerprint density at radius 1 is 1.19 bits per heavy atom. The fourth-order valence-electron chi connectivity index (χ4n) is 1.95. The summed E-state index contributed by atoms with van der Waals surface area (Å²) in [5.74, 6) is 0.581. The van der Waals surface area contributed by atoms with Crippen LogP contribution in [-0.4, -0.2) is 13.0 Å². The van der Waals surface area contributed by atoms with Crippen LogP contribution < -0.4 is 10.1 Å². The molecule has 0 aromatic heterocycles. The molecule has 3 nitrogen and oxygen atoms in total. The normalized spacial score (nSPS) is 11.8. The zero-order chi connectivity index (χ0) is 15.4. The molecule has 21 heavy (non-hydrogen) atoms. The number of methoxy groups -OCH3 is 1. The fourth-order valence-corrected chi connectivity index (χ4v) is 2.90. The Hall–Kier alpha value is -1.33. The highest BCUT2D eigenvalue weighted by atomic mass is 79.9. The van der Waals surface area contributed by atoms with E-state index < -0.39 is 0 Å². The number of rotatable bonds is 4. The molecule has 2 rings (SSSR count). The van der Waals surface area contributed by atoms with Gasteiger partial charge in [0.15, 0.2) is 0 Å². The number of benzene rings is 2. The first-order valence-electron chi connectivity index (χ1n) is 6.41. The summed E-state index contributed by atoms with van der Waals surface area (Å²) in [5, 5.41) is 2.98. The van der Waals surface area contributed by atoms with Crippen LogP contribution in [0.2, 0.25) is 0 Å². The van der Waals surface area contributed by atoms with Gasteiger partial charge in [-0.25, -0.2) is 0 Å². The number of hydrogen-bond acceptors (Lipinski definition) is 2.